The molecule has 0 unspecified atom stereocenters. The first kappa shape index (κ1) is 39.8. The average molecular weight is 587 g/mol. The van der Waals surface area contributed by atoms with Crippen LogP contribution in [0.1, 0.15) is 162 Å². The molecule has 0 bridgehead atoms. The number of aliphatic hydroxyl groups is 5. The van der Waals surface area contributed by atoms with Crippen molar-refractivity contribution in [3.63, 3.8) is 0 Å². The summed E-state index contributed by atoms with van der Waals surface area (Å²) in [5, 5.41) is 49.5. The molecule has 242 valence electrons. The van der Waals surface area contributed by atoms with Crippen molar-refractivity contribution in [2.45, 2.75) is 192 Å². The van der Waals surface area contributed by atoms with E-state index in [1.807, 2.05) is 6.92 Å². The highest BCUT2D eigenvalue weighted by Gasteiger charge is 2.14. The van der Waals surface area contributed by atoms with Crippen LogP contribution in [0.25, 0.3) is 0 Å². The van der Waals surface area contributed by atoms with Crippen LogP contribution < -0.4 is 0 Å². The van der Waals surface area contributed by atoms with Crippen molar-refractivity contribution in [1.29, 1.82) is 0 Å². The summed E-state index contributed by atoms with van der Waals surface area (Å²) in [5.41, 5.74) is 0. The minimum absolute atomic E-state index is 0.0403. The van der Waals surface area contributed by atoms with E-state index in [-0.39, 0.29) is 36.6 Å². The Bertz CT molecular complexity index is 668. The Morgan fingerprint density at radius 1 is 0.439 bits per heavy atom. The molecule has 0 radical (unpaired) electrons. The van der Waals surface area contributed by atoms with Gasteiger partial charge < -0.3 is 25.5 Å². The van der Waals surface area contributed by atoms with Crippen LogP contribution in [0.5, 0.6) is 0 Å². The van der Waals surface area contributed by atoms with Crippen molar-refractivity contribution >= 4 is 17.3 Å². The molecule has 0 rings (SSSR count). The van der Waals surface area contributed by atoms with E-state index in [0.717, 1.165) is 64.2 Å². The van der Waals surface area contributed by atoms with E-state index in [1.165, 1.54) is 0 Å². The third-order valence-electron chi connectivity index (χ3n) is 7.78. The molecule has 41 heavy (non-hydrogen) atoms. The molecular weight excluding hydrogens is 524 g/mol. The summed E-state index contributed by atoms with van der Waals surface area (Å²) >= 11 is 0. The van der Waals surface area contributed by atoms with Gasteiger partial charge in [0.15, 0.2) is 0 Å². The van der Waals surface area contributed by atoms with Crippen molar-refractivity contribution in [3.05, 3.63) is 0 Å². The zero-order chi connectivity index (χ0) is 30.9. The number of rotatable bonds is 30. The minimum atomic E-state index is -0.654. The van der Waals surface area contributed by atoms with Gasteiger partial charge in [-0.05, 0) is 57.8 Å². The highest BCUT2D eigenvalue weighted by atomic mass is 16.3. The summed E-state index contributed by atoms with van der Waals surface area (Å²) in [7, 11) is 0. The summed E-state index contributed by atoms with van der Waals surface area (Å²) in [6.45, 7) is 3.94. The maximum Gasteiger partial charge on any atom is 0.135 e. The molecule has 5 N–H and O–H groups in total. The quantitative estimate of drug-likeness (QED) is 0.0691. The number of Topliss-reactive ketones (excluding diaryl/α,β-unsaturated/α-hetero) is 3. The third-order valence-corrected chi connectivity index (χ3v) is 7.78. The van der Waals surface area contributed by atoms with Gasteiger partial charge in [0.1, 0.15) is 17.3 Å². The van der Waals surface area contributed by atoms with Gasteiger partial charge in [0.25, 0.3) is 0 Å². The number of carbonyl (C=O) groups is 3. The number of unbranched alkanes of at least 4 members (excludes halogenated alkanes) is 7. The van der Waals surface area contributed by atoms with E-state index in [0.29, 0.717) is 64.2 Å². The second kappa shape index (κ2) is 26.4. The van der Waals surface area contributed by atoms with Crippen LogP contribution in [-0.2, 0) is 14.4 Å². The Morgan fingerprint density at radius 3 is 1.12 bits per heavy atom. The highest BCUT2D eigenvalue weighted by Crippen LogP contribution is 2.16. The van der Waals surface area contributed by atoms with Gasteiger partial charge in [0.2, 0.25) is 0 Å². The first-order valence-electron chi connectivity index (χ1n) is 16.5. The fourth-order valence-electron chi connectivity index (χ4n) is 5.08. The van der Waals surface area contributed by atoms with Crippen LogP contribution >= 0.6 is 0 Å². The van der Waals surface area contributed by atoms with Crippen molar-refractivity contribution in [2.75, 3.05) is 0 Å². The number of carbonyl (C=O) groups excluding carboxylic acids is 3. The molecule has 0 heterocycles. The fourth-order valence-corrected chi connectivity index (χ4v) is 5.08. The summed E-state index contributed by atoms with van der Waals surface area (Å²) in [5.74, 6) is 0.183. The van der Waals surface area contributed by atoms with E-state index in [1.54, 1.807) is 0 Å². The zero-order valence-corrected chi connectivity index (χ0v) is 26.1. The Hall–Kier alpha value is -1.19. The predicted octanol–water partition coefficient (Wildman–Crippen LogP) is 5.51. The Balaban J connectivity index is 3.70. The second-order valence-corrected chi connectivity index (χ2v) is 12.1. The van der Waals surface area contributed by atoms with E-state index >= 15 is 0 Å². The number of aliphatic hydroxyl groups excluding tert-OH is 5. The number of ketones is 3. The van der Waals surface area contributed by atoms with Crippen molar-refractivity contribution in [2.24, 2.45) is 0 Å². The Morgan fingerprint density at radius 2 is 0.780 bits per heavy atom. The van der Waals surface area contributed by atoms with Gasteiger partial charge in [-0.15, -0.1) is 0 Å². The highest BCUT2D eigenvalue weighted by molar-refractivity contribution is 5.79. The molecule has 0 fully saturated rings. The molecule has 8 nitrogen and oxygen atoms in total. The standard InChI is InChI=1S/C33H62O8/c1-3-5-15-27(35)23-29(37)17-11-7-12-19-31(39)25-33(41)21-14-8-13-20-32(40)24-30(38)18-10-6-9-16-28(36)22-26(34)4-2/h26-28,31-32,34-36,39-40H,3-25H2,1-2H3/t26-,27+,28+,31+,32+/m0/s1. The zero-order valence-electron chi connectivity index (χ0n) is 26.1. The summed E-state index contributed by atoms with van der Waals surface area (Å²) < 4.78 is 0. The lowest BCUT2D eigenvalue weighted by atomic mass is 9.99. The van der Waals surface area contributed by atoms with Crippen LogP contribution in [0, 0.1) is 0 Å². The molecular formula is C33H62O8. The van der Waals surface area contributed by atoms with Gasteiger partial charge in [-0.3, -0.25) is 14.4 Å². The molecule has 0 amide bonds. The van der Waals surface area contributed by atoms with Gasteiger partial charge >= 0.3 is 0 Å². The van der Waals surface area contributed by atoms with Crippen LogP contribution in [0.15, 0.2) is 0 Å². The van der Waals surface area contributed by atoms with E-state index < -0.39 is 30.5 Å². The van der Waals surface area contributed by atoms with Gasteiger partial charge in [-0.1, -0.05) is 65.2 Å². The minimum Gasteiger partial charge on any atom is -0.393 e. The number of hydrogen-bond donors (Lipinski definition) is 5. The van der Waals surface area contributed by atoms with Crippen LogP contribution in [0.3, 0.4) is 0 Å². The Labute approximate surface area is 249 Å². The molecule has 0 aromatic heterocycles. The summed E-state index contributed by atoms with van der Waals surface area (Å²) in [6.07, 6.45) is 11.4. The van der Waals surface area contributed by atoms with Crippen molar-refractivity contribution < 1.29 is 39.9 Å². The second-order valence-electron chi connectivity index (χ2n) is 12.1. The summed E-state index contributed by atoms with van der Waals surface area (Å²) in [4.78, 5) is 36.1. The molecule has 0 aliphatic carbocycles. The first-order chi connectivity index (χ1) is 19.6. The molecule has 5 atom stereocenters. The third kappa shape index (κ3) is 26.2. The van der Waals surface area contributed by atoms with Gasteiger partial charge in [-0.2, -0.15) is 0 Å². The van der Waals surface area contributed by atoms with E-state index in [2.05, 4.69) is 6.92 Å². The van der Waals surface area contributed by atoms with Gasteiger partial charge in [0.05, 0.1) is 30.5 Å². The maximum atomic E-state index is 12.1. The monoisotopic (exact) mass is 586 g/mol. The molecule has 0 saturated carbocycles. The summed E-state index contributed by atoms with van der Waals surface area (Å²) in [6, 6.07) is 0. The predicted molar refractivity (Wildman–Crippen MR) is 163 cm³/mol. The lowest BCUT2D eigenvalue weighted by Gasteiger charge is -2.14. The van der Waals surface area contributed by atoms with Crippen LogP contribution in [-0.4, -0.2) is 73.4 Å². The molecule has 0 spiro atoms. The molecule has 0 aliphatic heterocycles. The molecule has 8 heteroatoms. The maximum absolute atomic E-state index is 12.1. The fraction of sp³-hybridized carbons (Fsp3) is 0.909. The van der Waals surface area contributed by atoms with Crippen LogP contribution in [0.2, 0.25) is 0 Å². The van der Waals surface area contributed by atoms with Crippen LogP contribution in [0.4, 0.5) is 0 Å². The first-order valence-corrected chi connectivity index (χ1v) is 16.5. The topological polar surface area (TPSA) is 152 Å². The largest absolute Gasteiger partial charge is 0.393 e. The smallest absolute Gasteiger partial charge is 0.135 e. The SMILES string of the molecule is CCCC[C@@H](O)CC(=O)CCCCC[C@@H](O)CC(=O)CCCCC[C@@H](O)CC(=O)CCCCC[C@@H](O)C[C@@H](O)CC. The molecule has 0 aromatic carbocycles. The Kier molecular flexibility index (Phi) is 25.7. The van der Waals surface area contributed by atoms with E-state index in [9.17, 15) is 39.9 Å². The van der Waals surface area contributed by atoms with Crippen molar-refractivity contribution in [3.8, 4) is 0 Å². The van der Waals surface area contributed by atoms with Gasteiger partial charge in [-0.25, -0.2) is 0 Å². The number of hydrogen-bond acceptors (Lipinski definition) is 8. The van der Waals surface area contributed by atoms with Crippen molar-refractivity contribution in [1.82, 2.24) is 0 Å². The molecule has 0 aliphatic rings. The normalized spacial score (nSPS) is 15.3. The average Bonchev–Trinajstić information content (AvgIpc) is 2.91. The lowest BCUT2D eigenvalue weighted by Crippen LogP contribution is -2.16. The molecule has 0 saturated heterocycles. The van der Waals surface area contributed by atoms with Gasteiger partial charge in [0, 0.05) is 38.5 Å². The molecule has 0 aromatic rings. The lowest BCUT2D eigenvalue weighted by molar-refractivity contribution is -0.122. The van der Waals surface area contributed by atoms with E-state index in [4.69, 9.17) is 0 Å².